The summed E-state index contributed by atoms with van der Waals surface area (Å²) in [5, 5.41) is 13.6. The van der Waals surface area contributed by atoms with Crippen LogP contribution in [0.1, 0.15) is 32.3 Å². The molecule has 1 aliphatic heterocycles. The Bertz CT molecular complexity index is 456. The molecule has 1 fully saturated rings. The van der Waals surface area contributed by atoms with E-state index in [9.17, 15) is 5.11 Å². The van der Waals surface area contributed by atoms with Crippen molar-refractivity contribution in [3.8, 4) is 5.75 Å². The molecular formula is C19H32N2O2. The van der Waals surface area contributed by atoms with E-state index in [4.69, 9.17) is 4.74 Å². The van der Waals surface area contributed by atoms with E-state index in [1.165, 1.54) is 12.1 Å². The van der Waals surface area contributed by atoms with E-state index in [0.29, 0.717) is 19.2 Å². The van der Waals surface area contributed by atoms with Gasteiger partial charge in [0.1, 0.15) is 18.5 Å². The number of aliphatic hydroxyl groups excluding tert-OH is 1. The zero-order chi connectivity index (χ0) is 16.7. The molecule has 0 radical (unpaired) electrons. The van der Waals surface area contributed by atoms with Crippen molar-refractivity contribution in [3.63, 3.8) is 0 Å². The smallest absolute Gasteiger partial charge is 0.119 e. The average Bonchev–Trinajstić information content (AvgIpc) is 2.52. The number of ether oxygens (including phenoxy) is 1. The van der Waals surface area contributed by atoms with Crippen molar-refractivity contribution < 1.29 is 9.84 Å². The number of nitrogens with zero attached hydrogens (tertiary/aromatic N) is 1. The Balaban J connectivity index is 1.61. The fourth-order valence-corrected chi connectivity index (χ4v) is 3.10. The van der Waals surface area contributed by atoms with Gasteiger partial charge in [0.15, 0.2) is 0 Å². The lowest BCUT2D eigenvalue weighted by molar-refractivity contribution is 0.0976. The third kappa shape index (κ3) is 6.90. The van der Waals surface area contributed by atoms with Crippen LogP contribution in [-0.4, -0.2) is 54.9 Å². The number of likely N-dealkylation sites (tertiary alicyclic amines) is 1. The van der Waals surface area contributed by atoms with Gasteiger partial charge < -0.3 is 20.1 Å². The Morgan fingerprint density at radius 3 is 2.70 bits per heavy atom. The number of hydrogen-bond donors (Lipinski definition) is 2. The molecular weight excluding hydrogens is 288 g/mol. The second-order valence-electron chi connectivity index (χ2n) is 7.16. The van der Waals surface area contributed by atoms with E-state index < -0.39 is 6.10 Å². The highest BCUT2D eigenvalue weighted by Crippen LogP contribution is 2.13. The Hall–Kier alpha value is -1.10. The first-order valence-electron chi connectivity index (χ1n) is 8.86. The van der Waals surface area contributed by atoms with Crippen molar-refractivity contribution in [3.05, 3.63) is 29.8 Å². The molecule has 1 heterocycles. The Kier molecular flexibility index (Phi) is 7.34. The number of nitrogens with one attached hydrogen (secondary N) is 1. The highest BCUT2D eigenvalue weighted by molar-refractivity contribution is 5.27. The molecule has 0 saturated carbocycles. The van der Waals surface area contributed by atoms with Gasteiger partial charge in [-0.15, -0.1) is 0 Å². The van der Waals surface area contributed by atoms with Crippen molar-refractivity contribution in [2.75, 3.05) is 32.8 Å². The predicted octanol–water partition coefficient (Wildman–Crippen LogP) is 2.44. The molecule has 4 nitrogen and oxygen atoms in total. The molecule has 130 valence electrons. The summed E-state index contributed by atoms with van der Waals surface area (Å²) in [4.78, 5) is 2.54. The number of aryl methyl sites for hydroxylation is 1. The minimum atomic E-state index is -0.468. The average molecular weight is 320 g/mol. The van der Waals surface area contributed by atoms with E-state index in [1.54, 1.807) is 0 Å². The van der Waals surface area contributed by atoms with E-state index >= 15 is 0 Å². The standard InChI is InChI=1S/C19H32N2O2/c1-15(2)13-21-9-7-17(8-10-21)20-12-18(22)14-23-19-6-4-5-16(3)11-19/h4-6,11,15,17-18,20,22H,7-10,12-14H2,1-3H3. The topological polar surface area (TPSA) is 44.7 Å². The van der Waals surface area contributed by atoms with Gasteiger partial charge in [-0.1, -0.05) is 26.0 Å². The Morgan fingerprint density at radius 2 is 2.04 bits per heavy atom. The fourth-order valence-electron chi connectivity index (χ4n) is 3.10. The zero-order valence-electron chi connectivity index (χ0n) is 14.8. The van der Waals surface area contributed by atoms with Crippen LogP contribution in [0, 0.1) is 12.8 Å². The first kappa shape index (κ1) is 18.2. The maximum atomic E-state index is 10.1. The van der Waals surface area contributed by atoms with Crippen LogP contribution in [0.25, 0.3) is 0 Å². The molecule has 2 N–H and O–H groups in total. The van der Waals surface area contributed by atoms with Crippen LogP contribution in [-0.2, 0) is 0 Å². The van der Waals surface area contributed by atoms with E-state index in [2.05, 4.69) is 24.1 Å². The Morgan fingerprint density at radius 1 is 1.30 bits per heavy atom. The predicted molar refractivity (Wildman–Crippen MR) is 95.0 cm³/mol. The van der Waals surface area contributed by atoms with Crippen LogP contribution < -0.4 is 10.1 Å². The summed E-state index contributed by atoms with van der Waals surface area (Å²) >= 11 is 0. The van der Waals surface area contributed by atoms with Crippen LogP contribution in [0.5, 0.6) is 5.75 Å². The SMILES string of the molecule is Cc1cccc(OCC(O)CNC2CCN(CC(C)C)CC2)c1. The largest absolute Gasteiger partial charge is 0.491 e. The molecule has 1 aromatic carbocycles. The Labute approximate surface area is 140 Å². The molecule has 0 aliphatic carbocycles. The highest BCUT2D eigenvalue weighted by Gasteiger charge is 2.20. The number of hydrogen-bond acceptors (Lipinski definition) is 4. The fraction of sp³-hybridized carbons (Fsp3) is 0.684. The molecule has 0 bridgehead atoms. The highest BCUT2D eigenvalue weighted by atomic mass is 16.5. The summed E-state index contributed by atoms with van der Waals surface area (Å²) in [6.07, 6.45) is 1.86. The lowest BCUT2D eigenvalue weighted by Gasteiger charge is -2.33. The number of aliphatic hydroxyl groups is 1. The molecule has 0 spiro atoms. The van der Waals surface area contributed by atoms with Gasteiger partial charge in [-0.2, -0.15) is 0 Å². The number of rotatable bonds is 8. The van der Waals surface area contributed by atoms with Gasteiger partial charge in [-0.05, 0) is 56.5 Å². The lowest BCUT2D eigenvalue weighted by atomic mass is 10.0. The van der Waals surface area contributed by atoms with Gasteiger partial charge in [0.2, 0.25) is 0 Å². The van der Waals surface area contributed by atoms with Gasteiger partial charge in [0.05, 0.1) is 0 Å². The maximum absolute atomic E-state index is 10.1. The molecule has 0 aromatic heterocycles. The van der Waals surface area contributed by atoms with Crippen molar-refractivity contribution in [1.82, 2.24) is 10.2 Å². The van der Waals surface area contributed by atoms with Gasteiger partial charge >= 0.3 is 0 Å². The summed E-state index contributed by atoms with van der Waals surface area (Å²) < 4.78 is 5.65. The normalized spacial score (nSPS) is 18.3. The number of piperidine rings is 1. The van der Waals surface area contributed by atoms with Gasteiger partial charge in [0, 0.05) is 19.1 Å². The summed E-state index contributed by atoms with van der Waals surface area (Å²) in [6.45, 7) is 11.0. The van der Waals surface area contributed by atoms with Crippen molar-refractivity contribution in [2.45, 2.75) is 45.8 Å². The van der Waals surface area contributed by atoms with E-state index in [-0.39, 0.29) is 0 Å². The second kappa shape index (κ2) is 9.26. The molecule has 1 saturated heterocycles. The van der Waals surface area contributed by atoms with Crippen molar-refractivity contribution in [2.24, 2.45) is 5.92 Å². The summed E-state index contributed by atoms with van der Waals surface area (Å²) in [7, 11) is 0. The van der Waals surface area contributed by atoms with Crippen LogP contribution in [0.15, 0.2) is 24.3 Å². The second-order valence-corrected chi connectivity index (χ2v) is 7.16. The van der Waals surface area contributed by atoms with Gasteiger partial charge in [-0.3, -0.25) is 0 Å². The van der Waals surface area contributed by atoms with Crippen molar-refractivity contribution >= 4 is 0 Å². The molecule has 1 unspecified atom stereocenters. The number of benzene rings is 1. The van der Waals surface area contributed by atoms with Crippen LogP contribution >= 0.6 is 0 Å². The molecule has 4 heteroatoms. The zero-order valence-corrected chi connectivity index (χ0v) is 14.8. The van der Waals surface area contributed by atoms with Crippen LogP contribution in [0.4, 0.5) is 0 Å². The summed E-state index contributed by atoms with van der Waals surface area (Å²) in [6, 6.07) is 8.45. The van der Waals surface area contributed by atoms with Crippen molar-refractivity contribution in [1.29, 1.82) is 0 Å². The van der Waals surface area contributed by atoms with E-state index in [1.807, 2.05) is 31.2 Å². The minimum absolute atomic E-state index is 0.336. The minimum Gasteiger partial charge on any atom is -0.491 e. The monoisotopic (exact) mass is 320 g/mol. The maximum Gasteiger partial charge on any atom is 0.119 e. The van der Waals surface area contributed by atoms with Crippen LogP contribution in [0.3, 0.4) is 0 Å². The van der Waals surface area contributed by atoms with E-state index in [0.717, 1.165) is 37.6 Å². The molecule has 23 heavy (non-hydrogen) atoms. The van der Waals surface area contributed by atoms with Gasteiger partial charge in [0.25, 0.3) is 0 Å². The molecule has 0 amide bonds. The summed E-state index contributed by atoms with van der Waals surface area (Å²) in [5.74, 6) is 1.56. The van der Waals surface area contributed by atoms with Gasteiger partial charge in [-0.25, -0.2) is 0 Å². The third-order valence-electron chi connectivity index (χ3n) is 4.29. The molecule has 1 aromatic rings. The lowest BCUT2D eigenvalue weighted by Crippen LogP contribution is -2.46. The quantitative estimate of drug-likeness (QED) is 0.772. The third-order valence-corrected chi connectivity index (χ3v) is 4.29. The first-order valence-corrected chi connectivity index (χ1v) is 8.86. The first-order chi connectivity index (χ1) is 11.0. The molecule has 2 rings (SSSR count). The van der Waals surface area contributed by atoms with Crippen LogP contribution in [0.2, 0.25) is 0 Å². The molecule has 1 aliphatic rings. The molecule has 1 atom stereocenters. The summed E-state index contributed by atoms with van der Waals surface area (Å²) in [5.41, 5.74) is 1.17.